The van der Waals surface area contributed by atoms with E-state index in [2.05, 4.69) is 4.98 Å². The predicted octanol–water partition coefficient (Wildman–Crippen LogP) is 5.40. The van der Waals surface area contributed by atoms with E-state index in [1.54, 1.807) is 41.8 Å². The van der Waals surface area contributed by atoms with Gasteiger partial charge < -0.3 is 19.5 Å². The summed E-state index contributed by atoms with van der Waals surface area (Å²) in [5.74, 6) is -2.75. The highest BCUT2D eigenvalue weighted by molar-refractivity contribution is 7.07. The molecule has 4 rings (SSSR count). The first-order valence-corrected chi connectivity index (χ1v) is 12.0. The number of nitrogens with zero attached hydrogens (tertiary/aromatic N) is 2. The fourth-order valence-corrected chi connectivity index (χ4v) is 4.23. The van der Waals surface area contributed by atoms with E-state index in [0.29, 0.717) is 16.9 Å². The van der Waals surface area contributed by atoms with Crippen molar-refractivity contribution in [2.75, 3.05) is 13.7 Å². The Hall–Kier alpha value is -4.31. The molecule has 1 amide bonds. The van der Waals surface area contributed by atoms with E-state index in [9.17, 15) is 23.5 Å². The summed E-state index contributed by atoms with van der Waals surface area (Å²) in [7, 11) is 1.39. The summed E-state index contributed by atoms with van der Waals surface area (Å²) in [5, 5.41) is 10.8. The van der Waals surface area contributed by atoms with Crippen LogP contribution >= 0.6 is 11.3 Å². The molecule has 0 fully saturated rings. The second-order valence-corrected chi connectivity index (χ2v) is 8.75. The number of aliphatic carboxylic acids is 1. The Kier molecular flexibility index (Phi) is 8.09. The van der Waals surface area contributed by atoms with Crippen LogP contribution in [0.2, 0.25) is 0 Å². The molecular weight excluding hydrogens is 502 g/mol. The van der Waals surface area contributed by atoms with Crippen molar-refractivity contribution in [1.29, 1.82) is 0 Å². The Bertz CT molecular complexity index is 1390. The normalized spacial score (nSPS) is 10.7. The van der Waals surface area contributed by atoms with E-state index >= 15 is 0 Å². The maximum atomic E-state index is 13.7. The SMILES string of the molecule is COc1cc(F)c(F)cc1-c1ccc(OCc2cccc(CN(CC(=O)O)C(=O)c3cscn3)c2)cc1. The fourth-order valence-electron chi connectivity index (χ4n) is 3.70. The number of carbonyl (C=O) groups excluding carboxylic acids is 1. The summed E-state index contributed by atoms with van der Waals surface area (Å²) < 4.78 is 38.3. The summed E-state index contributed by atoms with van der Waals surface area (Å²) in [4.78, 5) is 29.2. The van der Waals surface area contributed by atoms with Gasteiger partial charge in [0.25, 0.3) is 5.91 Å². The van der Waals surface area contributed by atoms with Gasteiger partial charge in [-0.1, -0.05) is 36.4 Å². The van der Waals surface area contributed by atoms with E-state index in [1.165, 1.54) is 28.9 Å². The van der Waals surface area contributed by atoms with Crippen molar-refractivity contribution in [2.45, 2.75) is 13.2 Å². The lowest BCUT2D eigenvalue weighted by Crippen LogP contribution is -2.35. The van der Waals surface area contributed by atoms with Crippen LogP contribution in [0.3, 0.4) is 0 Å². The van der Waals surface area contributed by atoms with Gasteiger partial charge in [-0.2, -0.15) is 0 Å². The quantitative estimate of drug-likeness (QED) is 0.299. The molecule has 0 spiro atoms. The Morgan fingerprint density at radius 3 is 2.43 bits per heavy atom. The Labute approximate surface area is 215 Å². The molecule has 0 saturated heterocycles. The van der Waals surface area contributed by atoms with Gasteiger partial charge >= 0.3 is 5.97 Å². The number of rotatable bonds is 10. The van der Waals surface area contributed by atoms with Gasteiger partial charge in [-0.25, -0.2) is 13.8 Å². The lowest BCUT2D eigenvalue weighted by molar-refractivity contribution is -0.137. The first kappa shape index (κ1) is 25.8. The van der Waals surface area contributed by atoms with Crippen LogP contribution in [-0.2, 0) is 17.9 Å². The molecule has 0 saturated carbocycles. The molecule has 0 radical (unpaired) electrons. The highest BCUT2D eigenvalue weighted by Crippen LogP contribution is 2.33. The maximum absolute atomic E-state index is 13.7. The molecule has 0 bridgehead atoms. The summed E-state index contributed by atoms with van der Waals surface area (Å²) >= 11 is 1.26. The zero-order chi connectivity index (χ0) is 26.4. The van der Waals surface area contributed by atoms with Gasteiger partial charge in [-0.15, -0.1) is 11.3 Å². The number of thiazole rings is 1. The number of ether oxygens (including phenoxy) is 2. The van der Waals surface area contributed by atoms with Crippen LogP contribution in [0.5, 0.6) is 11.5 Å². The van der Waals surface area contributed by atoms with E-state index in [0.717, 1.165) is 23.3 Å². The van der Waals surface area contributed by atoms with Crippen LogP contribution in [0.25, 0.3) is 11.1 Å². The molecule has 1 N–H and O–H groups in total. The fraction of sp³-hybridized carbons (Fsp3) is 0.148. The monoisotopic (exact) mass is 524 g/mol. The van der Waals surface area contributed by atoms with E-state index < -0.39 is 30.1 Å². The standard InChI is InChI=1S/C27H22F2N2O5S/c1-35-25-11-23(29)22(28)10-21(25)19-5-7-20(8-6-19)36-14-18-4-2-3-17(9-18)12-31(13-26(32)33)27(34)24-15-37-16-30-24/h2-11,15-16H,12-14H2,1H3,(H,32,33). The lowest BCUT2D eigenvalue weighted by Gasteiger charge is -2.20. The number of hydrogen-bond donors (Lipinski definition) is 1. The minimum absolute atomic E-state index is 0.0985. The van der Waals surface area contributed by atoms with Gasteiger partial charge in [0, 0.05) is 23.6 Å². The molecule has 4 aromatic rings. The third-order valence-corrected chi connectivity index (χ3v) is 6.03. The van der Waals surface area contributed by atoms with Gasteiger partial charge in [0.15, 0.2) is 11.6 Å². The lowest BCUT2D eigenvalue weighted by atomic mass is 10.0. The van der Waals surface area contributed by atoms with Crippen molar-refractivity contribution < 1.29 is 33.0 Å². The van der Waals surface area contributed by atoms with Crippen molar-refractivity contribution >= 4 is 23.2 Å². The third-order valence-electron chi connectivity index (χ3n) is 5.44. The molecule has 0 unspecified atom stereocenters. The number of carbonyl (C=O) groups is 2. The molecule has 10 heteroatoms. The van der Waals surface area contributed by atoms with Crippen LogP contribution < -0.4 is 9.47 Å². The first-order valence-electron chi connectivity index (χ1n) is 11.1. The number of halogens is 2. The topological polar surface area (TPSA) is 89.0 Å². The minimum atomic E-state index is -1.12. The smallest absolute Gasteiger partial charge is 0.323 e. The maximum Gasteiger partial charge on any atom is 0.323 e. The summed E-state index contributed by atoms with van der Waals surface area (Å²) in [6, 6.07) is 16.2. The van der Waals surface area contributed by atoms with Crippen LogP contribution in [0.1, 0.15) is 21.6 Å². The zero-order valence-corrected chi connectivity index (χ0v) is 20.5. The van der Waals surface area contributed by atoms with Crippen LogP contribution in [0, 0.1) is 11.6 Å². The van der Waals surface area contributed by atoms with Crippen molar-refractivity contribution in [3.05, 3.63) is 100 Å². The van der Waals surface area contributed by atoms with Crippen molar-refractivity contribution in [3.8, 4) is 22.6 Å². The average Bonchev–Trinajstić information content (AvgIpc) is 3.43. The molecule has 0 aliphatic rings. The number of carboxylic acids is 1. The molecule has 37 heavy (non-hydrogen) atoms. The first-order chi connectivity index (χ1) is 17.8. The molecular formula is C27H22F2N2O5S. The Morgan fingerprint density at radius 1 is 1.03 bits per heavy atom. The molecule has 0 aliphatic heterocycles. The third kappa shape index (κ3) is 6.47. The number of hydrogen-bond acceptors (Lipinski definition) is 6. The van der Waals surface area contributed by atoms with Crippen molar-refractivity contribution in [3.63, 3.8) is 0 Å². The number of benzene rings is 3. The predicted molar refractivity (Wildman–Crippen MR) is 134 cm³/mol. The minimum Gasteiger partial charge on any atom is -0.496 e. The zero-order valence-electron chi connectivity index (χ0n) is 19.7. The van der Waals surface area contributed by atoms with Gasteiger partial charge in [-0.05, 0) is 34.9 Å². The summed E-state index contributed by atoms with van der Waals surface area (Å²) in [5.41, 5.74) is 4.33. The van der Waals surface area contributed by atoms with Crippen LogP contribution in [0.4, 0.5) is 8.78 Å². The van der Waals surface area contributed by atoms with Gasteiger partial charge in [0.05, 0.1) is 12.6 Å². The van der Waals surface area contributed by atoms with Crippen LogP contribution in [0.15, 0.2) is 71.6 Å². The highest BCUT2D eigenvalue weighted by atomic mass is 32.1. The van der Waals surface area contributed by atoms with E-state index in [1.807, 2.05) is 12.1 Å². The van der Waals surface area contributed by atoms with Crippen molar-refractivity contribution in [1.82, 2.24) is 9.88 Å². The average molecular weight is 525 g/mol. The molecule has 1 heterocycles. The van der Waals surface area contributed by atoms with Gasteiger partial charge in [-0.3, -0.25) is 9.59 Å². The second kappa shape index (κ2) is 11.6. The Balaban J connectivity index is 1.43. The second-order valence-electron chi connectivity index (χ2n) is 8.03. The van der Waals surface area contributed by atoms with Crippen LogP contribution in [-0.4, -0.2) is 40.5 Å². The Morgan fingerprint density at radius 2 is 1.76 bits per heavy atom. The molecule has 0 aliphatic carbocycles. The number of aromatic nitrogens is 1. The highest BCUT2D eigenvalue weighted by Gasteiger charge is 2.20. The molecule has 0 atom stereocenters. The number of carboxylic acid groups (broad SMARTS) is 1. The van der Waals surface area contributed by atoms with E-state index in [-0.39, 0.29) is 24.6 Å². The van der Waals surface area contributed by atoms with E-state index in [4.69, 9.17) is 9.47 Å². The largest absolute Gasteiger partial charge is 0.496 e. The van der Waals surface area contributed by atoms with Gasteiger partial charge in [0.1, 0.15) is 30.3 Å². The number of amides is 1. The van der Waals surface area contributed by atoms with Gasteiger partial charge in [0.2, 0.25) is 0 Å². The summed E-state index contributed by atoms with van der Waals surface area (Å²) in [6.45, 7) is -0.131. The van der Waals surface area contributed by atoms with Crippen molar-refractivity contribution in [2.24, 2.45) is 0 Å². The summed E-state index contributed by atoms with van der Waals surface area (Å²) in [6.07, 6.45) is 0. The number of methoxy groups -OCH3 is 1. The molecule has 3 aromatic carbocycles. The molecule has 1 aromatic heterocycles. The molecule has 7 nitrogen and oxygen atoms in total. The molecule has 190 valence electrons.